The number of nitrogens with one attached hydrogen (secondary N) is 2. The molecular weight excluding hydrogens is 445 g/mol. The van der Waals surface area contributed by atoms with Crippen molar-refractivity contribution in [3.05, 3.63) is 71.7 Å². The summed E-state index contributed by atoms with van der Waals surface area (Å²) in [6, 6.07) is 15.1. The van der Waals surface area contributed by atoms with Crippen molar-refractivity contribution in [2.45, 2.75) is 52.9 Å². The van der Waals surface area contributed by atoms with Crippen LogP contribution < -0.4 is 10.6 Å². The molecule has 3 aromatic rings. The normalized spacial score (nSPS) is 11.3. The quantitative estimate of drug-likeness (QED) is 0.423. The lowest BCUT2D eigenvalue weighted by Crippen LogP contribution is -2.41. The third kappa shape index (κ3) is 6.91. The number of amides is 3. The number of anilines is 2. The van der Waals surface area contributed by atoms with Gasteiger partial charge in [0.2, 0.25) is 5.91 Å². The molecule has 3 amide bonds. The average Bonchev–Trinajstić information content (AvgIpc) is 3.22. The number of aromatic nitrogens is 2. The first-order chi connectivity index (χ1) is 16.6. The van der Waals surface area contributed by atoms with Gasteiger partial charge in [0.25, 0.3) is 0 Å². The molecule has 2 aromatic carbocycles. The van der Waals surface area contributed by atoms with E-state index in [9.17, 15) is 14.0 Å². The van der Waals surface area contributed by atoms with Crippen molar-refractivity contribution >= 4 is 23.4 Å². The fraction of sp³-hybridized carbons (Fsp3) is 0.370. The number of para-hydroxylation sites is 1. The second-order valence-electron chi connectivity index (χ2n) is 9.65. The fourth-order valence-electron chi connectivity index (χ4n) is 3.43. The van der Waals surface area contributed by atoms with Crippen molar-refractivity contribution in [1.29, 1.82) is 0 Å². The summed E-state index contributed by atoms with van der Waals surface area (Å²) >= 11 is 0. The summed E-state index contributed by atoms with van der Waals surface area (Å²) in [5.41, 5.74) is 2.62. The van der Waals surface area contributed by atoms with Crippen LogP contribution in [0.2, 0.25) is 0 Å². The van der Waals surface area contributed by atoms with E-state index in [0.29, 0.717) is 18.8 Å². The highest BCUT2D eigenvalue weighted by molar-refractivity contribution is 5.96. The predicted octanol–water partition coefficient (Wildman–Crippen LogP) is 5.89. The molecular formula is C27H34FN5O2. The van der Waals surface area contributed by atoms with E-state index in [1.54, 1.807) is 16.8 Å². The molecule has 0 unspecified atom stereocenters. The van der Waals surface area contributed by atoms with Gasteiger partial charge in [-0.3, -0.25) is 4.79 Å². The first kappa shape index (κ1) is 25.9. The van der Waals surface area contributed by atoms with E-state index in [0.717, 1.165) is 23.4 Å². The molecule has 0 aliphatic rings. The molecule has 186 valence electrons. The topological polar surface area (TPSA) is 79.3 Å². The van der Waals surface area contributed by atoms with Crippen LogP contribution in [-0.4, -0.2) is 39.7 Å². The van der Waals surface area contributed by atoms with Crippen molar-refractivity contribution in [2.24, 2.45) is 0 Å². The van der Waals surface area contributed by atoms with E-state index in [1.807, 2.05) is 44.2 Å². The van der Waals surface area contributed by atoms with Gasteiger partial charge in [-0.05, 0) is 37.6 Å². The maximum atomic E-state index is 14.0. The molecule has 8 heteroatoms. The lowest BCUT2D eigenvalue weighted by Gasteiger charge is -2.22. The number of nitrogens with zero attached hydrogens (tertiary/aromatic N) is 3. The van der Waals surface area contributed by atoms with Crippen molar-refractivity contribution in [3.63, 3.8) is 0 Å². The molecule has 0 aliphatic heterocycles. The minimum absolute atomic E-state index is 0.0756. The molecule has 0 radical (unpaired) electrons. The Labute approximate surface area is 206 Å². The standard InChI is InChI=1S/C27H34FN5O2/c1-6-7-16-32(26(35)29-22-11-9-8-10-21(22)28)18-25(34)30-24-17-23(27(3,4)5)31-33(24)20-14-12-19(2)13-15-20/h8-15,17H,6-7,16,18H2,1-5H3,(H,29,35)(H,30,34). The molecule has 0 saturated carbocycles. The van der Waals surface area contributed by atoms with Crippen LogP contribution in [0.4, 0.5) is 20.7 Å². The largest absolute Gasteiger partial charge is 0.322 e. The number of aryl methyl sites for hydroxylation is 1. The van der Waals surface area contributed by atoms with E-state index < -0.39 is 11.8 Å². The van der Waals surface area contributed by atoms with Gasteiger partial charge in [0.1, 0.15) is 18.2 Å². The van der Waals surface area contributed by atoms with Crippen molar-refractivity contribution < 1.29 is 14.0 Å². The Morgan fingerprint density at radius 1 is 1.06 bits per heavy atom. The van der Waals surface area contributed by atoms with Crippen molar-refractivity contribution in [3.8, 4) is 5.69 Å². The molecule has 3 rings (SSSR count). The van der Waals surface area contributed by atoms with Gasteiger partial charge in [-0.2, -0.15) is 5.10 Å². The van der Waals surface area contributed by atoms with E-state index in [4.69, 9.17) is 5.10 Å². The van der Waals surface area contributed by atoms with Crippen LogP contribution >= 0.6 is 0 Å². The Bertz CT molecular complexity index is 1170. The van der Waals surface area contributed by atoms with Crippen LogP contribution in [0, 0.1) is 12.7 Å². The van der Waals surface area contributed by atoms with Gasteiger partial charge in [-0.1, -0.05) is 63.9 Å². The number of carbonyl (C=O) groups excluding carboxylic acids is 2. The van der Waals surface area contributed by atoms with Gasteiger partial charge < -0.3 is 15.5 Å². The van der Waals surface area contributed by atoms with Gasteiger partial charge >= 0.3 is 6.03 Å². The highest BCUT2D eigenvalue weighted by Gasteiger charge is 2.23. The first-order valence-electron chi connectivity index (χ1n) is 11.9. The molecule has 0 saturated heterocycles. The summed E-state index contributed by atoms with van der Waals surface area (Å²) in [7, 11) is 0. The zero-order valence-corrected chi connectivity index (χ0v) is 21.1. The third-order valence-corrected chi connectivity index (χ3v) is 5.54. The van der Waals surface area contributed by atoms with E-state index in [2.05, 4.69) is 31.4 Å². The molecule has 1 heterocycles. The van der Waals surface area contributed by atoms with Gasteiger partial charge in [0, 0.05) is 18.0 Å². The number of halogens is 1. The van der Waals surface area contributed by atoms with E-state index >= 15 is 0 Å². The number of unbranched alkanes of at least 4 members (excludes halogenated alkanes) is 1. The van der Waals surface area contributed by atoms with Crippen LogP contribution in [0.25, 0.3) is 5.69 Å². The van der Waals surface area contributed by atoms with Crippen molar-refractivity contribution in [1.82, 2.24) is 14.7 Å². The molecule has 7 nitrogen and oxygen atoms in total. The second kappa shape index (κ2) is 11.2. The second-order valence-corrected chi connectivity index (χ2v) is 9.65. The first-order valence-corrected chi connectivity index (χ1v) is 11.9. The summed E-state index contributed by atoms with van der Waals surface area (Å²) in [5.74, 6) is -0.371. The molecule has 2 N–H and O–H groups in total. The Morgan fingerprint density at radius 3 is 2.37 bits per heavy atom. The van der Waals surface area contributed by atoms with Crippen LogP contribution in [0.3, 0.4) is 0 Å². The van der Waals surface area contributed by atoms with Gasteiger partial charge in [-0.15, -0.1) is 0 Å². The molecule has 0 spiro atoms. The monoisotopic (exact) mass is 479 g/mol. The van der Waals surface area contributed by atoms with Crippen LogP contribution in [0.5, 0.6) is 0 Å². The zero-order chi connectivity index (χ0) is 25.6. The van der Waals surface area contributed by atoms with E-state index in [1.165, 1.54) is 17.0 Å². The highest BCUT2D eigenvalue weighted by Crippen LogP contribution is 2.26. The fourth-order valence-corrected chi connectivity index (χ4v) is 3.43. The summed E-state index contributed by atoms with van der Waals surface area (Å²) in [6.07, 6.45) is 1.56. The van der Waals surface area contributed by atoms with Crippen LogP contribution in [0.15, 0.2) is 54.6 Å². The van der Waals surface area contributed by atoms with Gasteiger partial charge in [0.15, 0.2) is 0 Å². The number of urea groups is 1. The average molecular weight is 480 g/mol. The Kier molecular flexibility index (Phi) is 8.27. The zero-order valence-electron chi connectivity index (χ0n) is 21.1. The summed E-state index contributed by atoms with van der Waals surface area (Å²) < 4.78 is 15.7. The minimum Gasteiger partial charge on any atom is -0.315 e. The number of carbonyl (C=O) groups is 2. The SMILES string of the molecule is CCCCN(CC(=O)Nc1cc(C(C)(C)C)nn1-c1ccc(C)cc1)C(=O)Nc1ccccc1F. The number of hydrogen-bond donors (Lipinski definition) is 2. The van der Waals surface area contributed by atoms with Crippen molar-refractivity contribution in [2.75, 3.05) is 23.7 Å². The Morgan fingerprint density at radius 2 is 1.74 bits per heavy atom. The third-order valence-electron chi connectivity index (χ3n) is 5.54. The molecule has 0 atom stereocenters. The molecule has 35 heavy (non-hydrogen) atoms. The van der Waals surface area contributed by atoms with Crippen LogP contribution in [-0.2, 0) is 10.2 Å². The predicted molar refractivity (Wildman–Crippen MR) is 138 cm³/mol. The molecule has 0 aliphatic carbocycles. The lowest BCUT2D eigenvalue weighted by atomic mass is 9.92. The maximum Gasteiger partial charge on any atom is 0.322 e. The maximum absolute atomic E-state index is 14.0. The highest BCUT2D eigenvalue weighted by atomic mass is 19.1. The van der Waals surface area contributed by atoms with Gasteiger partial charge in [0.05, 0.1) is 17.1 Å². The Balaban J connectivity index is 1.81. The number of rotatable bonds is 8. The summed E-state index contributed by atoms with van der Waals surface area (Å²) in [6.45, 7) is 10.4. The molecule has 1 aromatic heterocycles. The number of hydrogen-bond acceptors (Lipinski definition) is 3. The number of benzene rings is 2. The summed E-state index contributed by atoms with van der Waals surface area (Å²) in [4.78, 5) is 27.3. The molecule has 0 fully saturated rings. The summed E-state index contributed by atoms with van der Waals surface area (Å²) in [5, 5.41) is 10.2. The minimum atomic E-state index is -0.530. The Hall–Kier alpha value is -3.68. The van der Waals surface area contributed by atoms with Crippen LogP contribution in [0.1, 0.15) is 51.8 Å². The molecule has 0 bridgehead atoms. The van der Waals surface area contributed by atoms with E-state index in [-0.39, 0.29) is 23.6 Å². The smallest absolute Gasteiger partial charge is 0.315 e. The lowest BCUT2D eigenvalue weighted by molar-refractivity contribution is -0.116. The van der Waals surface area contributed by atoms with Gasteiger partial charge in [-0.25, -0.2) is 13.9 Å².